The summed E-state index contributed by atoms with van der Waals surface area (Å²) in [6.45, 7) is 0.423. The van der Waals surface area contributed by atoms with Gasteiger partial charge in [0, 0.05) is 12.7 Å². The maximum atomic E-state index is 13.6. The summed E-state index contributed by atoms with van der Waals surface area (Å²) in [5.74, 6) is -0.730. The van der Waals surface area contributed by atoms with E-state index in [0.29, 0.717) is 0 Å². The molecule has 1 aromatic carbocycles. The van der Waals surface area contributed by atoms with Crippen LogP contribution in [0.2, 0.25) is 0 Å². The van der Waals surface area contributed by atoms with Gasteiger partial charge in [0.1, 0.15) is 10.7 Å². The topological polar surface area (TPSA) is 50.3 Å². The number of pyridine rings is 1. The lowest BCUT2D eigenvalue weighted by atomic mass is 10.2. The quantitative estimate of drug-likeness (QED) is 0.843. The van der Waals surface area contributed by atoms with Crippen LogP contribution < -0.4 is 0 Å². The van der Waals surface area contributed by atoms with Gasteiger partial charge < -0.3 is 0 Å². The van der Waals surface area contributed by atoms with Crippen molar-refractivity contribution < 1.29 is 12.8 Å². The molecule has 1 aliphatic rings. The molecule has 19 heavy (non-hydrogen) atoms. The van der Waals surface area contributed by atoms with Crippen molar-refractivity contribution in [1.82, 2.24) is 9.29 Å². The van der Waals surface area contributed by atoms with Gasteiger partial charge >= 0.3 is 0 Å². The Bertz CT molecular complexity index is 706. The van der Waals surface area contributed by atoms with Crippen LogP contribution in [-0.4, -0.2) is 17.7 Å². The maximum Gasteiger partial charge on any atom is 0.246 e. The molecule has 2 heterocycles. The highest BCUT2D eigenvalue weighted by Crippen LogP contribution is 2.28. The maximum absolute atomic E-state index is 13.6. The van der Waals surface area contributed by atoms with Crippen LogP contribution in [0.5, 0.6) is 0 Å². The average Bonchev–Trinajstić information content (AvgIpc) is 2.83. The molecule has 0 bridgehead atoms. The van der Waals surface area contributed by atoms with Crippen LogP contribution in [0, 0.1) is 5.82 Å². The lowest BCUT2D eigenvalue weighted by Gasteiger charge is -2.15. The van der Waals surface area contributed by atoms with E-state index in [9.17, 15) is 12.8 Å². The number of aromatic nitrogens is 1. The average molecular weight is 278 g/mol. The summed E-state index contributed by atoms with van der Waals surface area (Å²) in [6.07, 6.45) is 1.62. The van der Waals surface area contributed by atoms with E-state index in [0.717, 1.165) is 17.3 Å². The number of sulfonamides is 1. The molecule has 0 atom stereocenters. The Morgan fingerprint density at radius 3 is 2.63 bits per heavy atom. The highest BCUT2D eigenvalue weighted by molar-refractivity contribution is 7.89. The van der Waals surface area contributed by atoms with E-state index in [2.05, 4.69) is 4.98 Å². The molecule has 0 unspecified atom stereocenters. The second kappa shape index (κ2) is 4.40. The van der Waals surface area contributed by atoms with Gasteiger partial charge in [-0.15, -0.1) is 0 Å². The molecule has 0 radical (unpaired) electrons. The summed E-state index contributed by atoms with van der Waals surface area (Å²) in [6, 6.07) is 9.00. The van der Waals surface area contributed by atoms with E-state index in [1.807, 2.05) is 6.07 Å². The Balaban J connectivity index is 1.99. The van der Waals surface area contributed by atoms with Gasteiger partial charge in [-0.3, -0.25) is 4.98 Å². The Hall–Kier alpha value is -1.79. The molecule has 3 rings (SSSR count). The van der Waals surface area contributed by atoms with E-state index < -0.39 is 15.8 Å². The summed E-state index contributed by atoms with van der Waals surface area (Å²) < 4.78 is 39.6. The number of hydrogen-bond donors (Lipinski definition) is 0. The minimum absolute atomic E-state index is 0.187. The lowest BCUT2D eigenvalue weighted by Crippen LogP contribution is -2.26. The number of hydrogen-bond acceptors (Lipinski definition) is 3. The Morgan fingerprint density at radius 2 is 1.89 bits per heavy atom. The van der Waals surface area contributed by atoms with Gasteiger partial charge in [0.2, 0.25) is 10.0 Å². The van der Waals surface area contributed by atoms with E-state index in [1.165, 1.54) is 22.5 Å². The van der Waals surface area contributed by atoms with Gasteiger partial charge in [0.15, 0.2) is 0 Å². The van der Waals surface area contributed by atoms with Gasteiger partial charge in [-0.2, -0.15) is 4.31 Å². The highest BCUT2D eigenvalue weighted by atomic mass is 32.2. The summed E-state index contributed by atoms with van der Waals surface area (Å²) in [7, 11) is -3.82. The fourth-order valence-electron chi connectivity index (χ4n) is 2.13. The number of nitrogens with zero attached hydrogens (tertiary/aromatic N) is 2. The van der Waals surface area contributed by atoms with Gasteiger partial charge in [-0.1, -0.05) is 18.2 Å². The van der Waals surface area contributed by atoms with Crippen LogP contribution in [0.3, 0.4) is 0 Å². The van der Waals surface area contributed by atoms with Crippen molar-refractivity contribution >= 4 is 10.0 Å². The monoisotopic (exact) mass is 278 g/mol. The van der Waals surface area contributed by atoms with Crippen molar-refractivity contribution in [1.29, 1.82) is 0 Å². The molecule has 1 aromatic heterocycles. The third kappa shape index (κ3) is 2.02. The fraction of sp³-hybridized carbons (Fsp3) is 0.154. The summed E-state index contributed by atoms with van der Waals surface area (Å²) in [5.41, 5.74) is 1.59. The SMILES string of the molecule is O=S(=O)(c1ccccc1F)N1Cc2cccnc2C1. The van der Waals surface area contributed by atoms with Crippen molar-refractivity contribution in [2.75, 3.05) is 0 Å². The van der Waals surface area contributed by atoms with Crippen LogP contribution in [0.25, 0.3) is 0 Å². The largest absolute Gasteiger partial charge is 0.260 e. The summed E-state index contributed by atoms with van der Waals surface area (Å²) >= 11 is 0. The van der Waals surface area contributed by atoms with Crippen LogP contribution in [-0.2, 0) is 23.1 Å². The van der Waals surface area contributed by atoms with Crippen molar-refractivity contribution in [2.24, 2.45) is 0 Å². The Kier molecular flexibility index (Phi) is 2.83. The second-order valence-corrected chi connectivity index (χ2v) is 6.22. The number of rotatable bonds is 2. The number of fused-ring (bicyclic) bond motifs is 1. The van der Waals surface area contributed by atoms with Gasteiger partial charge in [-0.25, -0.2) is 12.8 Å². The molecule has 4 nitrogen and oxygen atoms in total. The minimum atomic E-state index is -3.82. The van der Waals surface area contributed by atoms with Crippen LogP contribution in [0.1, 0.15) is 11.3 Å². The zero-order chi connectivity index (χ0) is 13.5. The summed E-state index contributed by atoms with van der Waals surface area (Å²) in [5, 5.41) is 0. The molecule has 0 spiro atoms. The molecule has 0 N–H and O–H groups in total. The molecular weight excluding hydrogens is 267 g/mol. The predicted molar refractivity (Wildman–Crippen MR) is 67.1 cm³/mol. The molecule has 0 fully saturated rings. The van der Waals surface area contributed by atoms with Gasteiger partial charge in [0.25, 0.3) is 0 Å². The Morgan fingerprint density at radius 1 is 1.11 bits per heavy atom. The first kappa shape index (κ1) is 12.3. The predicted octanol–water partition coefficient (Wildman–Crippen LogP) is 1.93. The molecule has 2 aromatic rings. The van der Waals surface area contributed by atoms with Crippen molar-refractivity contribution in [3.63, 3.8) is 0 Å². The van der Waals surface area contributed by atoms with Crippen molar-refractivity contribution in [2.45, 2.75) is 18.0 Å². The third-order valence-electron chi connectivity index (χ3n) is 3.11. The number of benzene rings is 1. The molecule has 6 heteroatoms. The van der Waals surface area contributed by atoms with E-state index in [4.69, 9.17) is 0 Å². The standard InChI is InChI=1S/C13H11FN2O2S/c14-11-5-1-2-6-13(11)19(17,18)16-8-10-4-3-7-15-12(10)9-16/h1-7H,8-9H2. The summed E-state index contributed by atoms with van der Waals surface area (Å²) in [4.78, 5) is 3.85. The molecule has 0 saturated carbocycles. The van der Waals surface area contributed by atoms with Crippen LogP contribution in [0.15, 0.2) is 47.5 Å². The van der Waals surface area contributed by atoms with Crippen molar-refractivity contribution in [3.05, 3.63) is 59.7 Å². The first-order chi connectivity index (χ1) is 9.09. The van der Waals surface area contributed by atoms with E-state index in [1.54, 1.807) is 12.3 Å². The Labute approximate surface area is 110 Å². The van der Waals surface area contributed by atoms with E-state index >= 15 is 0 Å². The minimum Gasteiger partial charge on any atom is -0.260 e. The van der Waals surface area contributed by atoms with Gasteiger partial charge in [0.05, 0.1) is 12.2 Å². The third-order valence-corrected chi connectivity index (χ3v) is 4.94. The van der Waals surface area contributed by atoms with Gasteiger partial charge in [-0.05, 0) is 23.8 Å². The zero-order valence-electron chi connectivity index (χ0n) is 9.95. The number of halogens is 1. The molecule has 98 valence electrons. The first-order valence-electron chi connectivity index (χ1n) is 5.76. The first-order valence-corrected chi connectivity index (χ1v) is 7.20. The normalized spacial score (nSPS) is 15.4. The fourth-order valence-corrected chi connectivity index (χ4v) is 3.58. The molecule has 1 aliphatic heterocycles. The highest BCUT2D eigenvalue weighted by Gasteiger charge is 2.32. The van der Waals surface area contributed by atoms with E-state index in [-0.39, 0.29) is 18.0 Å². The van der Waals surface area contributed by atoms with Crippen LogP contribution in [0.4, 0.5) is 4.39 Å². The molecule has 0 aliphatic carbocycles. The second-order valence-electron chi connectivity index (χ2n) is 4.31. The molecular formula is C13H11FN2O2S. The van der Waals surface area contributed by atoms with Crippen molar-refractivity contribution in [3.8, 4) is 0 Å². The molecule has 0 amide bonds. The lowest BCUT2D eigenvalue weighted by molar-refractivity contribution is 0.425. The molecule has 0 saturated heterocycles. The van der Waals surface area contributed by atoms with Crippen LogP contribution >= 0.6 is 0 Å². The zero-order valence-corrected chi connectivity index (χ0v) is 10.8. The smallest absolute Gasteiger partial charge is 0.246 e.